The zero-order valence-corrected chi connectivity index (χ0v) is 9.15. The number of ether oxygens (including phenoxy) is 1. The van der Waals surface area contributed by atoms with E-state index in [1.54, 1.807) is 0 Å². The second-order valence-corrected chi connectivity index (χ2v) is 3.50. The van der Waals surface area contributed by atoms with Gasteiger partial charge in [-0.15, -0.1) is 0 Å². The first-order valence-electron chi connectivity index (χ1n) is 4.95. The number of hydrogen-bond donors (Lipinski definition) is 1. The van der Waals surface area contributed by atoms with Crippen LogP contribution in [0.3, 0.4) is 0 Å². The summed E-state index contributed by atoms with van der Waals surface area (Å²) in [5, 5.41) is 2.99. The first-order valence-corrected chi connectivity index (χ1v) is 4.95. The third kappa shape index (κ3) is 3.49. The molecular formula is C9H17N3O3. The van der Waals surface area contributed by atoms with Gasteiger partial charge in [0.25, 0.3) is 0 Å². The topological polar surface area (TPSA) is 61.9 Å². The molecule has 86 valence electrons. The molecule has 1 aliphatic heterocycles. The molecule has 0 aromatic heterocycles. The third-order valence-corrected chi connectivity index (χ3v) is 2.21. The lowest BCUT2D eigenvalue weighted by Gasteiger charge is -2.18. The molecule has 1 fully saturated rings. The summed E-state index contributed by atoms with van der Waals surface area (Å²) in [5.41, 5.74) is 0. The number of amides is 2. The van der Waals surface area contributed by atoms with Crippen LogP contribution in [0.2, 0.25) is 0 Å². The zero-order valence-electron chi connectivity index (χ0n) is 9.15. The van der Waals surface area contributed by atoms with Crippen LogP contribution in [-0.2, 0) is 9.53 Å². The Morgan fingerprint density at radius 2 is 2.40 bits per heavy atom. The molecule has 0 aromatic carbocycles. The molecule has 1 saturated heterocycles. The monoisotopic (exact) mass is 215 g/mol. The fourth-order valence-electron chi connectivity index (χ4n) is 1.32. The second-order valence-electron chi connectivity index (χ2n) is 3.50. The van der Waals surface area contributed by atoms with Crippen LogP contribution in [0.15, 0.2) is 0 Å². The van der Waals surface area contributed by atoms with Gasteiger partial charge in [-0.2, -0.15) is 0 Å². The van der Waals surface area contributed by atoms with E-state index in [2.05, 4.69) is 10.1 Å². The van der Waals surface area contributed by atoms with E-state index in [0.717, 1.165) is 18.0 Å². The van der Waals surface area contributed by atoms with Crippen LogP contribution in [-0.4, -0.2) is 68.7 Å². The number of nitrogens with zero attached hydrogens (tertiary/aromatic N) is 2. The van der Waals surface area contributed by atoms with Crippen molar-refractivity contribution in [2.75, 3.05) is 46.9 Å². The highest BCUT2D eigenvalue weighted by atomic mass is 16.6. The number of likely N-dealkylation sites (N-methyl/N-ethyl adjacent to an activating group) is 2. The maximum atomic E-state index is 11.6. The zero-order chi connectivity index (χ0) is 11.3. The molecule has 2 amide bonds. The fourth-order valence-corrected chi connectivity index (χ4v) is 1.32. The molecule has 0 bridgehead atoms. The van der Waals surface area contributed by atoms with Gasteiger partial charge in [0.2, 0.25) is 5.91 Å². The molecule has 0 saturated carbocycles. The Morgan fingerprint density at radius 3 is 2.93 bits per heavy atom. The SMILES string of the molecule is CNCCN(C)CC(=O)N1CCOC1=O. The maximum absolute atomic E-state index is 11.6. The molecule has 1 aliphatic rings. The van der Waals surface area contributed by atoms with Gasteiger partial charge >= 0.3 is 6.09 Å². The summed E-state index contributed by atoms with van der Waals surface area (Å²) in [6.07, 6.45) is -0.526. The molecule has 6 heteroatoms. The Labute approximate surface area is 89.2 Å². The molecule has 0 spiro atoms. The molecule has 1 rings (SSSR count). The summed E-state index contributed by atoms with van der Waals surface area (Å²) in [5.74, 6) is -0.198. The quantitative estimate of drug-likeness (QED) is 0.645. The van der Waals surface area contributed by atoms with Crippen molar-refractivity contribution in [2.24, 2.45) is 0 Å². The smallest absolute Gasteiger partial charge is 0.416 e. The number of rotatable bonds is 5. The minimum absolute atomic E-state index is 0.198. The summed E-state index contributed by atoms with van der Waals surface area (Å²) >= 11 is 0. The van der Waals surface area contributed by atoms with Crippen LogP contribution >= 0.6 is 0 Å². The minimum atomic E-state index is -0.526. The second kappa shape index (κ2) is 5.67. The average Bonchev–Trinajstić information content (AvgIpc) is 2.61. The number of carbonyl (C=O) groups excluding carboxylic acids is 2. The van der Waals surface area contributed by atoms with Crippen LogP contribution < -0.4 is 5.32 Å². The number of hydrogen-bond acceptors (Lipinski definition) is 5. The van der Waals surface area contributed by atoms with Crippen molar-refractivity contribution >= 4 is 12.0 Å². The average molecular weight is 215 g/mol. The van der Waals surface area contributed by atoms with Gasteiger partial charge in [0.1, 0.15) is 6.61 Å². The van der Waals surface area contributed by atoms with Gasteiger partial charge in [0.15, 0.2) is 0 Å². The standard InChI is InChI=1S/C9H17N3O3/c1-10-3-4-11(2)7-8(13)12-5-6-15-9(12)14/h10H,3-7H2,1-2H3. The van der Waals surface area contributed by atoms with E-state index in [-0.39, 0.29) is 12.5 Å². The fraction of sp³-hybridized carbons (Fsp3) is 0.778. The molecule has 6 nitrogen and oxygen atoms in total. The van der Waals surface area contributed by atoms with Gasteiger partial charge in [0, 0.05) is 13.1 Å². The highest BCUT2D eigenvalue weighted by Gasteiger charge is 2.28. The molecule has 0 atom stereocenters. The van der Waals surface area contributed by atoms with Gasteiger partial charge in [0.05, 0.1) is 13.1 Å². The molecule has 1 N–H and O–H groups in total. The van der Waals surface area contributed by atoms with E-state index in [9.17, 15) is 9.59 Å². The van der Waals surface area contributed by atoms with E-state index in [1.165, 1.54) is 0 Å². The lowest BCUT2D eigenvalue weighted by atomic mass is 10.4. The van der Waals surface area contributed by atoms with Crippen molar-refractivity contribution in [1.82, 2.24) is 15.1 Å². The van der Waals surface area contributed by atoms with Crippen LogP contribution in [0, 0.1) is 0 Å². The number of carbonyl (C=O) groups is 2. The molecule has 0 unspecified atom stereocenters. The van der Waals surface area contributed by atoms with E-state index in [0.29, 0.717) is 13.2 Å². The van der Waals surface area contributed by atoms with Gasteiger partial charge in [-0.05, 0) is 14.1 Å². The molecule has 0 aliphatic carbocycles. The Hall–Kier alpha value is -1.14. The molecular weight excluding hydrogens is 198 g/mol. The Kier molecular flexibility index (Phi) is 4.51. The highest BCUT2D eigenvalue weighted by molar-refractivity contribution is 5.93. The predicted octanol–water partition coefficient (Wildman–Crippen LogP) is -0.884. The minimum Gasteiger partial charge on any atom is -0.447 e. The van der Waals surface area contributed by atoms with Gasteiger partial charge in [-0.3, -0.25) is 9.69 Å². The first-order chi connectivity index (χ1) is 7.15. The molecule has 0 aromatic rings. The van der Waals surface area contributed by atoms with Crippen molar-refractivity contribution in [3.05, 3.63) is 0 Å². The largest absolute Gasteiger partial charge is 0.447 e. The van der Waals surface area contributed by atoms with Crippen molar-refractivity contribution in [3.63, 3.8) is 0 Å². The molecule has 0 radical (unpaired) electrons. The lowest BCUT2D eigenvalue weighted by Crippen LogP contribution is -2.41. The third-order valence-electron chi connectivity index (χ3n) is 2.21. The van der Waals surface area contributed by atoms with E-state index >= 15 is 0 Å². The van der Waals surface area contributed by atoms with Crippen LogP contribution in [0.1, 0.15) is 0 Å². The first kappa shape index (κ1) is 11.9. The molecule has 15 heavy (non-hydrogen) atoms. The maximum Gasteiger partial charge on any atom is 0.416 e. The van der Waals surface area contributed by atoms with Gasteiger partial charge in [-0.25, -0.2) is 9.69 Å². The van der Waals surface area contributed by atoms with Gasteiger partial charge in [-0.1, -0.05) is 0 Å². The van der Waals surface area contributed by atoms with E-state index < -0.39 is 6.09 Å². The van der Waals surface area contributed by atoms with Crippen molar-refractivity contribution < 1.29 is 14.3 Å². The summed E-state index contributed by atoms with van der Waals surface area (Å²) in [6, 6.07) is 0. The predicted molar refractivity (Wildman–Crippen MR) is 54.5 cm³/mol. The summed E-state index contributed by atoms with van der Waals surface area (Å²) < 4.78 is 4.68. The van der Waals surface area contributed by atoms with Gasteiger partial charge < -0.3 is 10.1 Å². The number of nitrogens with one attached hydrogen (secondary N) is 1. The molecule has 1 heterocycles. The highest BCUT2D eigenvalue weighted by Crippen LogP contribution is 2.03. The summed E-state index contributed by atoms with van der Waals surface area (Å²) in [7, 11) is 3.70. The van der Waals surface area contributed by atoms with Crippen LogP contribution in [0.4, 0.5) is 4.79 Å². The number of cyclic esters (lactones) is 1. The van der Waals surface area contributed by atoms with Crippen molar-refractivity contribution in [3.8, 4) is 0 Å². The summed E-state index contributed by atoms with van der Waals surface area (Å²) in [6.45, 7) is 2.51. The lowest BCUT2D eigenvalue weighted by molar-refractivity contribution is -0.128. The Morgan fingerprint density at radius 1 is 1.67 bits per heavy atom. The Balaban J connectivity index is 2.31. The normalized spacial score (nSPS) is 15.9. The van der Waals surface area contributed by atoms with E-state index in [1.807, 2.05) is 19.0 Å². The Bertz CT molecular complexity index is 245. The number of imide groups is 1. The van der Waals surface area contributed by atoms with Crippen LogP contribution in [0.25, 0.3) is 0 Å². The van der Waals surface area contributed by atoms with E-state index in [4.69, 9.17) is 0 Å². The summed E-state index contributed by atoms with van der Waals surface area (Å²) in [4.78, 5) is 25.7. The van der Waals surface area contributed by atoms with Crippen molar-refractivity contribution in [2.45, 2.75) is 0 Å². The van der Waals surface area contributed by atoms with Crippen molar-refractivity contribution in [1.29, 1.82) is 0 Å². The van der Waals surface area contributed by atoms with Crippen LogP contribution in [0.5, 0.6) is 0 Å².